The number of hydrogen-bond acceptors (Lipinski definition) is 4. The van der Waals surface area contributed by atoms with Crippen molar-refractivity contribution >= 4 is 11.8 Å². The lowest BCUT2D eigenvalue weighted by Gasteiger charge is -2.40. The van der Waals surface area contributed by atoms with Gasteiger partial charge in [0.15, 0.2) is 0 Å². The molecule has 6 bridgehead atoms. The van der Waals surface area contributed by atoms with Crippen LogP contribution in [0.25, 0.3) is 0 Å². The van der Waals surface area contributed by atoms with Gasteiger partial charge in [0.25, 0.3) is 0 Å². The summed E-state index contributed by atoms with van der Waals surface area (Å²) >= 11 is 0. The minimum absolute atomic E-state index is 0.0196. The maximum Gasteiger partial charge on any atom is 0.234 e. The fourth-order valence-corrected chi connectivity index (χ4v) is 9.27. The second kappa shape index (κ2) is 7.97. The SMILES string of the molecule is O=C(CN1[C@@H]2CC[C@H]1C[C@H](CNC(=O)C13CC4CC(CC1C4)C3)C2)NC1(CO)CCCC1. The highest BCUT2D eigenvalue weighted by Gasteiger charge is 2.61. The third-order valence-corrected chi connectivity index (χ3v) is 10.6. The number of amides is 2. The van der Waals surface area contributed by atoms with Gasteiger partial charge in [0.1, 0.15) is 0 Å². The summed E-state index contributed by atoms with van der Waals surface area (Å²) in [6.45, 7) is 1.34. The maximum absolute atomic E-state index is 13.3. The number of carbonyl (C=O) groups excluding carboxylic acids is 2. The van der Waals surface area contributed by atoms with Crippen LogP contribution in [0.5, 0.6) is 0 Å². The highest BCUT2D eigenvalue weighted by Crippen LogP contribution is 2.65. The van der Waals surface area contributed by atoms with Crippen LogP contribution in [0, 0.1) is 29.1 Å². The van der Waals surface area contributed by atoms with Crippen molar-refractivity contribution in [2.45, 2.75) is 101 Å². The zero-order valence-corrected chi connectivity index (χ0v) is 19.5. The van der Waals surface area contributed by atoms with Gasteiger partial charge in [0, 0.05) is 18.6 Å². The predicted molar refractivity (Wildman–Crippen MR) is 122 cm³/mol. The molecule has 7 rings (SSSR count). The van der Waals surface area contributed by atoms with E-state index >= 15 is 0 Å². The minimum atomic E-state index is -0.378. The first-order valence-corrected chi connectivity index (χ1v) is 13.4. The van der Waals surface area contributed by atoms with Crippen LogP contribution >= 0.6 is 0 Å². The Morgan fingerprint density at radius 3 is 2.22 bits per heavy atom. The van der Waals surface area contributed by atoms with E-state index in [2.05, 4.69) is 15.5 Å². The molecule has 178 valence electrons. The fourth-order valence-electron chi connectivity index (χ4n) is 9.27. The Morgan fingerprint density at radius 1 is 0.938 bits per heavy atom. The van der Waals surface area contributed by atoms with Gasteiger partial charge in [0.2, 0.25) is 11.8 Å². The van der Waals surface area contributed by atoms with Crippen LogP contribution in [0.15, 0.2) is 0 Å². The van der Waals surface area contributed by atoms with Crippen LogP contribution in [0.4, 0.5) is 0 Å². The largest absolute Gasteiger partial charge is 0.394 e. The van der Waals surface area contributed by atoms with E-state index in [1.54, 1.807) is 0 Å². The minimum Gasteiger partial charge on any atom is -0.394 e. The highest BCUT2D eigenvalue weighted by molar-refractivity contribution is 5.84. The summed E-state index contributed by atoms with van der Waals surface area (Å²) in [4.78, 5) is 28.5. The Morgan fingerprint density at radius 2 is 1.59 bits per heavy atom. The molecule has 2 unspecified atom stereocenters. The predicted octanol–water partition coefficient (Wildman–Crippen LogP) is 2.59. The summed E-state index contributed by atoms with van der Waals surface area (Å²) in [6.07, 6.45) is 14.8. The number of aliphatic hydroxyl groups excluding tert-OH is 1. The smallest absolute Gasteiger partial charge is 0.234 e. The number of nitrogens with zero attached hydrogens (tertiary/aromatic N) is 1. The molecule has 2 aliphatic heterocycles. The van der Waals surface area contributed by atoms with Crippen molar-refractivity contribution in [3.8, 4) is 0 Å². The molecule has 2 heterocycles. The van der Waals surface area contributed by atoms with Gasteiger partial charge in [0.05, 0.1) is 24.1 Å². The molecule has 0 aromatic heterocycles. The topological polar surface area (TPSA) is 81.7 Å². The molecule has 5 saturated carbocycles. The van der Waals surface area contributed by atoms with Crippen molar-refractivity contribution in [3.05, 3.63) is 0 Å². The van der Waals surface area contributed by atoms with E-state index in [0.717, 1.165) is 69.7 Å². The molecule has 5 atom stereocenters. The number of piperidine rings is 1. The second-order valence-electron chi connectivity index (χ2n) is 12.5. The van der Waals surface area contributed by atoms with Crippen LogP contribution in [0.1, 0.15) is 83.5 Å². The van der Waals surface area contributed by atoms with Gasteiger partial charge < -0.3 is 15.7 Å². The van der Waals surface area contributed by atoms with E-state index in [4.69, 9.17) is 0 Å². The Hall–Kier alpha value is -1.14. The summed E-state index contributed by atoms with van der Waals surface area (Å²) in [6, 6.07) is 0.929. The number of fused-ring (bicyclic) bond motifs is 2. The van der Waals surface area contributed by atoms with Crippen molar-refractivity contribution < 1.29 is 14.7 Å². The molecule has 7 fully saturated rings. The lowest BCUT2D eigenvalue weighted by Crippen LogP contribution is -2.55. The van der Waals surface area contributed by atoms with Crippen LogP contribution < -0.4 is 10.6 Å². The average Bonchev–Trinajstić information content (AvgIpc) is 3.46. The standard InChI is InChI=1S/C26H41N3O3/c30-16-25(5-1-2-6-25)28-23(31)15-29-21-3-4-22(29)11-19(10-21)14-27-24(32)26-12-17-7-18(13-26)9-20(26)8-17/h17-22,30H,1-16H2,(H,27,32)(H,28,31)/t17?,18?,19-,20?,21-,22+,26?. The molecule has 7 aliphatic rings. The van der Waals surface area contributed by atoms with Crippen molar-refractivity contribution in [1.82, 2.24) is 15.5 Å². The molecule has 0 aromatic carbocycles. The quantitative estimate of drug-likeness (QED) is 0.565. The Bertz CT molecular complexity index is 735. The van der Waals surface area contributed by atoms with Gasteiger partial charge >= 0.3 is 0 Å². The molecule has 5 aliphatic carbocycles. The summed E-state index contributed by atoms with van der Waals surface area (Å²) in [5.41, 5.74) is -0.397. The molecule has 0 aromatic rings. The summed E-state index contributed by atoms with van der Waals surface area (Å²) in [5, 5.41) is 16.4. The normalized spacial score (nSPS) is 43.7. The van der Waals surface area contributed by atoms with Crippen LogP contribution in [-0.2, 0) is 9.59 Å². The van der Waals surface area contributed by atoms with Gasteiger partial charge in [-0.1, -0.05) is 12.8 Å². The number of rotatable bonds is 7. The second-order valence-corrected chi connectivity index (χ2v) is 12.5. The van der Waals surface area contributed by atoms with Crippen molar-refractivity contribution in [2.24, 2.45) is 29.1 Å². The molecular weight excluding hydrogens is 402 g/mol. The lowest BCUT2D eigenvalue weighted by molar-refractivity contribution is -0.133. The number of nitrogens with one attached hydrogen (secondary N) is 2. The van der Waals surface area contributed by atoms with Crippen molar-refractivity contribution in [3.63, 3.8) is 0 Å². The summed E-state index contributed by atoms with van der Waals surface area (Å²) in [7, 11) is 0. The summed E-state index contributed by atoms with van der Waals surface area (Å²) in [5.74, 6) is 3.28. The molecule has 6 nitrogen and oxygen atoms in total. The first-order valence-electron chi connectivity index (χ1n) is 13.4. The van der Waals surface area contributed by atoms with E-state index < -0.39 is 0 Å². The van der Waals surface area contributed by atoms with Crippen LogP contribution in [0.2, 0.25) is 0 Å². The van der Waals surface area contributed by atoms with E-state index in [-0.39, 0.29) is 23.5 Å². The van der Waals surface area contributed by atoms with Gasteiger partial charge in [-0.2, -0.15) is 0 Å². The molecule has 3 N–H and O–H groups in total. The molecule has 32 heavy (non-hydrogen) atoms. The van der Waals surface area contributed by atoms with Gasteiger partial charge in [-0.15, -0.1) is 0 Å². The molecule has 6 heteroatoms. The number of hydrogen-bond donors (Lipinski definition) is 3. The number of aliphatic hydroxyl groups is 1. The van der Waals surface area contributed by atoms with E-state index in [1.165, 1.54) is 32.1 Å². The monoisotopic (exact) mass is 443 g/mol. The zero-order chi connectivity index (χ0) is 21.9. The summed E-state index contributed by atoms with van der Waals surface area (Å²) < 4.78 is 0. The van der Waals surface area contributed by atoms with Crippen molar-refractivity contribution in [2.75, 3.05) is 19.7 Å². The molecule has 0 radical (unpaired) electrons. The van der Waals surface area contributed by atoms with E-state index in [9.17, 15) is 14.7 Å². The Kier molecular flexibility index (Phi) is 5.33. The highest BCUT2D eigenvalue weighted by atomic mass is 16.3. The fraction of sp³-hybridized carbons (Fsp3) is 0.923. The molecule has 0 spiro atoms. The third-order valence-electron chi connectivity index (χ3n) is 10.6. The van der Waals surface area contributed by atoms with Gasteiger partial charge in [-0.05, 0) is 94.3 Å². The van der Waals surface area contributed by atoms with Crippen LogP contribution in [-0.4, -0.2) is 59.1 Å². The average molecular weight is 444 g/mol. The third kappa shape index (κ3) is 3.51. The zero-order valence-electron chi connectivity index (χ0n) is 19.5. The van der Waals surface area contributed by atoms with Crippen LogP contribution in [0.3, 0.4) is 0 Å². The molecule has 2 amide bonds. The molecular formula is C26H41N3O3. The van der Waals surface area contributed by atoms with Gasteiger partial charge in [-0.25, -0.2) is 0 Å². The number of carbonyl (C=O) groups is 2. The maximum atomic E-state index is 13.3. The first kappa shape index (κ1) is 21.4. The molecule has 2 saturated heterocycles. The Labute approximate surface area is 192 Å². The first-order chi connectivity index (χ1) is 15.5. The van der Waals surface area contributed by atoms with Crippen molar-refractivity contribution in [1.29, 1.82) is 0 Å². The van der Waals surface area contributed by atoms with Gasteiger partial charge in [-0.3, -0.25) is 14.5 Å². The van der Waals surface area contributed by atoms with E-state index in [0.29, 0.717) is 36.4 Å². The van der Waals surface area contributed by atoms with E-state index in [1.807, 2.05) is 0 Å². The Balaban J connectivity index is 1.01. The lowest BCUT2D eigenvalue weighted by atomic mass is 9.75.